The van der Waals surface area contributed by atoms with Crippen LogP contribution in [0.5, 0.6) is 0 Å². The molecule has 0 spiro atoms. The Labute approximate surface area is 90.0 Å². The van der Waals surface area contributed by atoms with Crippen LogP contribution in [0.2, 0.25) is 0 Å². The van der Waals surface area contributed by atoms with Gasteiger partial charge >= 0.3 is 5.97 Å². The maximum Gasteiger partial charge on any atom is 0.311 e. The molecule has 88 valence electrons. The molecule has 4 N–H and O–H groups in total. The van der Waals surface area contributed by atoms with Gasteiger partial charge in [-0.3, -0.25) is 9.59 Å². The zero-order valence-electron chi connectivity index (χ0n) is 9.92. The van der Waals surface area contributed by atoms with Crippen LogP contribution in [0.25, 0.3) is 0 Å². The van der Waals surface area contributed by atoms with E-state index in [2.05, 4.69) is 5.32 Å². The molecule has 0 aliphatic carbocycles. The minimum absolute atomic E-state index is 0.352. The second kappa shape index (κ2) is 4.18. The van der Waals surface area contributed by atoms with Gasteiger partial charge in [-0.25, -0.2) is 0 Å². The monoisotopic (exact) mass is 216 g/mol. The third kappa shape index (κ3) is 2.92. The van der Waals surface area contributed by atoms with Gasteiger partial charge in [0.25, 0.3) is 0 Å². The molecule has 15 heavy (non-hydrogen) atoms. The largest absolute Gasteiger partial charge is 0.481 e. The number of carbonyl (C=O) groups is 2. The summed E-state index contributed by atoms with van der Waals surface area (Å²) in [6, 6.07) is -0.645. The van der Waals surface area contributed by atoms with E-state index in [-0.39, 0.29) is 5.91 Å². The Morgan fingerprint density at radius 3 is 1.93 bits per heavy atom. The highest BCUT2D eigenvalue weighted by Gasteiger charge is 2.44. The van der Waals surface area contributed by atoms with E-state index in [0.717, 1.165) is 0 Å². The third-order valence-corrected chi connectivity index (χ3v) is 2.95. The Morgan fingerprint density at radius 1 is 1.27 bits per heavy atom. The van der Waals surface area contributed by atoms with E-state index in [1.807, 2.05) is 0 Å². The van der Waals surface area contributed by atoms with Crippen molar-refractivity contribution in [1.29, 1.82) is 0 Å². The van der Waals surface area contributed by atoms with E-state index in [1.165, 1.54) is 0 Å². The smallest absolute Gasteiger partial charge is 0.311 e. The molecule has 0 aromatic carbocycles. The number of rotatable bonds is 4. The third-order valence-electron chi connectivity index (χ3n) is 2.95. The lowest BCUT2D eigenvalue weighted by atomic mass is 9.74. The van der Waals surface area contributed by atoms with Gasteiger partial charge in [-0.05, 0) is 34.6 Å². The molecule has 0 aliphatic heterocycles. The minimum Gasteiger partial charge on any atom is -0.481 e. The Hall–Kier alpha value is -1.10. The number of aliphatic carboxylic acids is 1. The maximum absolute atomic E-state index is 11.4. The van der Waals surface area contributed by atoms with Crippen molar-refractivity contribution in [3.05, 3.63) is 0 Å². The average molecular weight is 216 g/mol. The molecule has 0 aromatic heterocycles. The molecular weight excluding hydrogens is 196 g/mol. The Morgan fingerprint density at radius 2 is 1.67 bits per heavy atom. The van der Waals surface area contributed by atoms with E-state index in [9.17, 15) is 9.59 Å². The molecule has 0 aromatic rings. The van der Waals surface area contributed by atoms with Gasteiger partial charge in [0.1, 0.15) is 0 Å². The molecular formula is C10H20N2O3. The average Bonchev–Trinajstić information content (AvgIpc) is 2.02. The maximum atomic E-state index is 11.4. The van der Waals surface area contributed by atoms with Crippen molar-refractivity contribution in [3.8, 4) is 0 Å². The van der Waals surface area contributed by atoms with Gasteiger partial charge in [0, 0.05) is 0 Å². The van der Waals surface area contributed by atoms with Gasteiger partial charge in [0.05, 0.1) is 17.0 Å². The fourth-order valence-electron chi connectivity index (χ4n) is 0.845. The van der Waals surface area contributed by atoms with Gasteiger partial charge < -0.3 is 16.2 Å². The van der Waals surface area contributed by atoms with Gasteiger partial charge in [-0.2, -0.15) is 0 Å². The predicted molar refractivity (Wildman–Crippen MR) is 57.3 cm³/mol. The fraction of sp³-hybridized carbons (Fsp3) is 0.800. The summed E-state index contributed by atoms with van der Waals surface area (Å²) in [5.74, 6) is -1.31. The van der Waals surface area contributed by atoms with Crippen LogP contribution in [0.1, 0.15) is 34.6 Å². The first-order valence-electron chi connectivity index (χ1n) is 4.83. The van der Waals surface area contributed by atoms with E-state index >= 15 is 0 Å². The van der Waals surface area contributed by atoms with Crippen LogP contribution >= 0.6 is 0 Å². The van der Waals surface area contributed by atoms with Crippen molar-refractivity contribution in [3.63, 3.8) is 0 Å². The zero-order valence-corrected chi connectivity index (χ0v) is 9.92. The lowest BCUT2D eigenvalue weighted by Crippen LogP contribution is -2.59. The first kappa shape index (κ1) is 13.9. The highest BCUT2D eigenvalue weighted by atomic mass is 16.4. The molecule has 0 heterocycles. The summed E-state index contributed by atoms with van der Waals surface area (Å²) in [7, 11) is 0. The van der Waals surface area contributed by atoms with Crippen molar-refractivity contribution in [2.75, 3.05) is 0 Å². The Kier molecular flexibility index (Phi) is 3.88. The Bertz CT molecular complexity index is 270. The second-order valence-electron chi connectivity index (χ2n) is 4.83. The van der Waals surface area contributed by atoms with E-state index in [1.54, 1.807) is 34.6 Å². The molecule has 0 bridgehead atoms. The molecule has 0 fully saturated rings. The number of carbonyl (C=O) groups excluding carboxylic acids is 1. The molecule has 0 rings (SSSR count). The number of hydrogen-bond donors (Lipinski definition) is 3. The SMILES string of the molecule is C[C@@H](N)C(=O)NC(C)(C)C(C)(C)C(=O)O. The summed E-state index contributed by atoms with van der Waals surface area (Å²) in [4.78, 5) is 22.4. The van der Waals surface area contributed by atoms with Gasteiger partial charge in [-0.15, -0.1) is 0 Å². The Balaban J connectivity index is 4.83. The van der Waals surface area contributed by atoms with Crippen molar-refractivity contribution in [1.82, 2.24) is 5.32 Å². The van der Waals surface area contributed by atoms with E-state index < -0.39 is 23.0 Å². The van der Waals surface area contributed by atoms with Crippen LogP contribution in [0, 0.1) is 5.41 Å². The van der Waals surface area contributed by atoms with Crippen LogP contribution < -0.4 is 11.1 Å². The summed E-state index contributed by atoms with van der Waals surface area (Å²) < 4.78 is 0. The fourth-order valence-corrected chi connectivity index (χ4v) is 0.845. The summed E-state index contributed by atoms with van der Waals surface area (Å²) in [5.41, 5.74) is 3.49. The van der Waals surface area contributed by atoms with Crippen molar-refractivity contribution in [2.45, 2.75) is 46.2 Å². The van der Waals surface area contributed by atoms with Gasteiger partial charge in [0.2, 0.25) is 5.91 Å². The van der Waals surface area contributed by atoms with Crippen LogP contribution in [0.3, 0.4) is 0 Å². The van der Waals surface area contributed by atoms with Crippen molar-refractivity contribution in [2.24, 2.45) is 11.1 Å². The highest BCUT2D eigenvalue weighted by molar-refractivity contribution is 5.83. The summed E-state index contributed by atoms with van der Waals surface area (Å²) in [6.07, 6.45) is 0. The van der Waals surface area contributed by atoms with E-state index in [4.69, 9.17) is 10.8 Å². The molecule has 0 radical (unpaired) electrons. The van der Waals surface area contributed by atoms with Crippen LogP contribution in [0.4, 0.5) is 0 Å². The van der Waals surface area contributed by atoms with Gasteiger partial charge in [0.15, 0.2) is 0 Å². The molecule has 0 unspecified atom stereocenters. The number of carboxylic acids is 1. The van der Waals surface area contributed by atoms with E-state index in [0.29, 0.717) is 0 Å². The lowest BCUT2D eigenvalue weighted by Gasteiger charge is -2.39. The van der Waals surface area contributed by atoms with Crippen LogP contribution in [0.15, 0.2) is 0 Å². The number of carboxylic acid groups (broad SMARTS) is 1. The molecule has 0 saturated heterocycles. The first-order valence-corrected chi connectivity index (χ1v) is 4.83. The molecule has 1 amide bonds. The summed E-state index contributed by atoms with van der Waals surface area (Å²) in [6.45, 7) is 8.02. The van der Waals surface area contributed by atoms with Crippen LogP contribution in [-0.4, -0.2) is 28.6 Å². The summed E-state index contributed by atoms with van der Waals surface area (Å²) in [5, 5.41) is 11.7. The molecule has 1 atom stereocenters. The first-order chi connectivity index (χ1) is 6.52. The van der Waals surface area contributed by atoms with Crippen LogP contribution in [-0.2, 0) is 9.59 Å². The minimum atomic E-state index is -1.06. The number of nitrogens with one attached hydrogen (secondary N) is 1. The molecule has 0 saturated carbocycles. The predicted octanol–water partition coefficient (Wildman–Crippen LogP) is 0.339. The summed E-state index contributed by atoms with van der Waals surface area (Å²) >= 11 is 0. The quantitative estimate of drug-likeness (QED) is 0.631. The standard InChI is InChI=1S/C10H20N2O3/c1-6(11)7(13)12-10(4,5)9(2,3)8(14)15/h6H,11H2,1-5H3,(H,12,13)(H,14,15)/t6-/m1/s1. The number of nitrogens with two attached hydrogens (primary N) is 1. The second-order valence-corrected chi connectivity index (χ2v) is 4.83. The van der Waals surface area contributed by atoms with Crippen molar-refractivity contribution >= 4 is 11.9 Å². The zero-order chi connectivity index (χ0) is 12.4. The number of amides is 1. The molecule has 5 nitrogen and oxygen atoms in total. The molecule has 0 aliphatic rings. The topological polar surface area (TPSA) is 92.4 Å². The highest BCUT2D eigenvalue weighted by Crippen LogP contribution is 2.30. The lowest BCUT2D eigenvalue weighted by molar-refractivity contribution is -0.151. The van der Waals surface area contributed by atoms with Crippen molar-refractivity contribution < 1.29 is 14.7 Å². The van der Waals surface area contributed by atoms with Gasteiger partial charge in [-0.1, -0.05) is 0 Å². The number of hydrogen-bond acceptors (Lipinski definition) is 3. The molecule has 5 heteroatoms. The normalized spacial score (nSPS) is 14.5.